The lowest BCUT2D eigenvalue weighted by Gasteiger charge is -2.39. The Balaban J connectivity index is 1.28. The smallest absolute Gasteiger partial charge is 0.257 e. The molecular weight excluding hydrogens is 377 g/mol. The minimum atomic E-state index is -0.488. The Labute approximate surface area is 168 Å². The summed E-state index contributed by atoms with van der Waals surface area (Å²) >= 11 is 0. The number of halogens is 1. The van der Waals surface area contributed by atoms with E-state index in [1.165, 1.54) is 24.7 Å². The zero-order valence-corrected chi connectivity index (χ0v) is 16.1. The van der Waals surface area contributed by atoms with Crippen LogP contribution in [0.3, 0.4) is 0 Å². The number of ether oxygens (including phenoxy) is 1. The highest BCUT2D eigenvalue weighted by molar-refractivity contribution is 5.94. The number of morpholine rings is 1. The molecule has 3 heterocycles. The number of carbonyl (C=O) groups excluding carboxylic acids is 2. The van der Waals surface area contributed by atoms with Gasteiger partial charge in [-0.25, -0.2) is 4.39 Å². The van der Waals surface area contributed by atoms with Crippen molar-refractivity contribution in [2.45, 2.75) is 6.10 Å². The van der Waals surface area contributed by atoms with E-state index in [-0.39, 0.29) is 23.5 Å². The molecule has 2 aromatic rings. The fraction of sp³-hybridized carbons (Fsp3) is 0.429. The van der Waals surface area contributed by atoms with E-state index in [0.717, 1.165) is 0 Å². The number of nitrogens with zero attached hydrogens (tertiary/aromatic N) is 3. The van der Waals surface area contributed by atoms with Crippen molar-refractivity contribution in [1.82, 2.24) is 14.7 Å². The van der Waals surface area contributed by atoms with Gasteiger partial charge in [0.1, 0.15) is 12.1 Å². The van der Waals surface area contributed by atoms with Crippen LogP contribution in [0, 0.1) is 5.82 Å². The van der Waals surface area contributed by atoms with Crippen LogP contribution in [-0.2, 0) is 4.74 Å². The summed E-state index contributed by atoms with van der Waals surface area (Å²) in [5.41, 5.74) is 0.663. The number of carbonyl (C=O) groups is 2. The zero-order valence-electron chi connectivity index (χ0n) is 16.1. The molecule has 2 saturated heterocycles. The summed E-state index contributed by atoms with van der Waals surface area (Å²) in [4.78, 5) is 30.7. The summed E-state index contributed by atoms with van der Waals surface area (Å²) in [6.07, 6.45) is 2.87. The molecule has 2 fully saturated rings. The molecule has 1 atom stereocenters. The summed E-state index contributed by atoms with van der Waals surface area (Å²) in [7, 11) is 0. The van der Waals surface area contributed by atoms with Crippen molar-refractivity contribution in [1.29, 1.82) is 0 Å². The van der Waals surface area contributed by atoms with Crippen molar-refractivity contribution in [2.75, 3.05) is 52.4 Å². The second kappa shape index (κ2) is 8.75. The number of hydrogen-bond acceptors (Lipinski definition) is 5. The standard InChI is InChI=1S/C21H24FN3O4/c22-19-4-2-1-3-18(19)21(27)24-8-6-23(7-9-24)13-17-14-25(10-12-29-17)20(26)16-5-11-28-15-16/h1-5,11,15,17H,6-10,12-14H2. The first kappa shape index (κ1) is 19.6. The first-order valence-electron chi connectivity index (χ1n) is 9.81. The van der Waals surface area contributed by atoms with E-state index in [0.29, 0.717) is 58.0 Å². The third kappa shape index (κ3) is 4.49. The lowest BCUT2D eigenvalue weighted by molar-refractivity contribution is -0.0400. The van der Waals surface area contributed by atoms with Crippen LogP contribution in [0.15, 0.2) is 47.3 Å². The monoisotopic (exact) mass is 401 g/mol. The van der Waals surface area contributed by atoms with E-state index in [4.69, 9.17) is 9.15 Å². The molecule has 1 aromatic carbocycles. The fourth-order valence-corrected chi connectivity index (χ4v) is 3.81. The van der Waals surface area contributed by atoms with E-state index in [9.17, 15) is 14.0 Å². The number of hydrogen-bond donors (Lipinski definition) is 0. The molecule has 0 aliphatic carbocycles. The van der Waals surface area contributed by atoms with Gasteiger partial charge in [-0.05, 0) is 18.2 Å². The van der Waals surface area contributed by atoms with Crippen molar-refractivity contribution in [3.63, 3.8) is 0 Å². The van der Waals surface area contributed by atoms with E-state index in [2.05, 4.69) is 4.90 Å². The normalized spacial score (nSPS) is 20.7. The lowest BCUT2D eigenvalue weighted by Crippen LogP contribution is -2.54. The molecule has 0 N–H and O–H groups in total. The summed E-state index contributed by atoms with van der Waals surface area (Å²) in [5.74, 6) is -0.807. The van der Waals surface area contributed by atoms with Crippen LogP contribution in [0.1, 0.15) is 20.7 Å². The summed E-state index contributed by atoms with van der Waals surface area (Å²) in [6.45, 7) is 4.74. The number of piperazine rings is 1. The highest BCUT2D eigenvalue weighted by Crippen LogP contribution is 2.15. The van der Waals surface area contributed by atoms with Gasteiger partial charge in [-0.3, -0.25) is 14.5 Å². The summed E-state index contributed by atoms with van der Waals surface area (Å²) < 4.78 is 24.7. The van der Waals surface area contributed by atoms with Gasteiger partial charge < -0.3 is 19.0 Å². The van der Waals surface area contributed by atoms with Crippen LogP contribution in [0.5, 0.6) is 0 Å². The largest absolute Gasteiger partial charge is 0.472 e. The first-order chi connectivity index (χ1) is 14.1. The van der Waals surface area contributed by atoms with Crippen molar-refractivity contribution in [3.05, 3.63) is 59.8 Å². The molecular formula is C21H24FN3O4. The zero-order chi connectivity index (χ0) is 20.2. The molecule has 2 amide bonds. The Morgan fingerprint density at radius 2 is 1.79 bits per heavy atom. The third-order valence-corrected chi connectivity index (χ3v) is 5.42. The average molecular weight is 401 g/mol. The topological polar surface area (TPSA) is 66.2 Å². The van der Waals surface area contributed by atoms with Crippen LogP contribution in [0.2, 0.25) is 0 Å². The molecule has 0 saturated carbocycles. The maximum absolute atomic E-state index is 13.9. The van der Waals surface area contributed by atoms with Gasteiger partial charge in [0.25, 0.3) is 11.8 Å². The predicted octanol–water partition coefficient (Wildman–Crippen LogP) is 1.72. The third-order valence-electron chi connectivity index (χ3n) is 5.42. The molecule has 29 heavy (non-hydrogen) atoms. The van der Waals surface area contributed by atoms with Crippen LogP contribution < -0.4 is 0 Å². The van der Waals surface area contributed by atoms with Crippen LogP contribution in [0.25, 0.3) is 0 Å². The molecule has 4 rings (SSSR count). The number of amides is 2. The number of furan rings is 1. The highest BCUT2D eigenvalue weighted by atomic mass is 19.1. The Kier molecular flexibility index (Phi) is 5.92. The molecule has 2 aliphatic rings. The molecule has 2 aliphatic heterocycles. The fourth-order valence-electron chi connectivity index (χ4n) is 3.81. The SMILES string of the molecule is O=C(c1ccoc1)N1CCOC(CN2CCN(C(=O)c3ccccc3F)CC2)C1. The molecule has 7 nitrogen and oxygen atoms in total. The minimum Gasteiger partial charge on any atom is -0.472 e. The van der Waals surface area contributed by atoms with Crippen molar-refractivity contribution < 1.29 is 23.1 Å². The number of rotatable bonds is 4. The predicted molar refractivity (Wildman–Crippen MR) is 103 cm³/mol. The van der Waals surface area contributed by atoms with Crippen molar-refractivity contribution in [2.24, 2.45) is 0 Å². The Hall–Kier alpha value is -2.71. The summed E-state index contributed by atoms with van der Waals surface area (Å²) in [5, 5.41) is 0. The van der Waals surface area contributed by atoms with E-state index >= 15 is 0 Å². The maximum atomic E-state index is 13.9. The van der Waals surface area contributed by atoms with Crippen LogP contribution >= 0.6 is 0 Å². The molecule has 1 aromatic heterocycles. The molecule has 0 radical (unpaired) electrons. The Bertz CT molecular complexity index is 849. The van der Waals surface area contributed by atoms with Gasteiger partial charge in [-0.1, -0.05) is 12.1 Å². The second-order valence-corrected chi connectivity index (χ2v) is 7.33. The van der Waals surface area contributed by atoms with Gasteiger partial charge in [0.15, 0.2) is 0 Å². The van der Waals surface area contributed by atoms with Gasteiger partial charge in [0.05, 0.1) is 30.1 Å². The molecule has 8 heteroatoms. The molecule has 154 valence electrons. The molecule has 0 spiro atoms. The van der Waals surface area contributed by atoms with Gasteiger partial charge >= 0.3 is 0 Å². The quantitative estimate of drug-likeness (QED) is 0.781. The van der Waals surface area contributed by atoms with E-state index < -0.39 is 5.82 Å². The molecule has 0 bridgehead atoms. The number of benzene rings is 1. The second-order valence-electron chi connectivity index (χ2n) is 7.33. The van der Waals surface area contributed by atoms with Crippen molar-refractivity contribution >= 4 is 11.8 Å². The maximum Gasteiger partial charge on any atom is 0.257 e. The Morgan fingerprint density at radius 1 is 1.00 bits per heavy atom. The van der Waals surface area contributed by atoms with Gasteiger partial charge in [0.2, 0.25) is 0 Å². The van der Waals surface area contributed by atoms with E-state index in [1.807, 2.05) is 0 Å². The van der Waals surface area contributed by atoms with Gasteiger partial charge in [-0.2, -0.15) is 0 Å². The van der Waals surface area contributed by atoms with E-state index in [1.54, 1.807) is 28.0 Å². The van der Waals surface area contributed by atoms with Crippen LogP contribution in [0.4, 0.5) is 4.39 Å². The molecule has 1 unspecified atom stereocenters. The summed E-state index contributed by atoms with van der Waals surface area (Å²) in [6, 6.07) is 7.74. The minimum absolute atomic E-state index is 0.0487. The van der Waals surface area contributed by atoms with Gasteiger partial charge in [-0.15, -0.1) is 0 Å². The highest BCUT2D eigenvalue weighted by Gasteiger charge is 2.29. The first-order valence-corrected chi connectivity index (χ1v) is 9.81. The lowest BCUT2D eigenvalue weighted by atomic mass is 10.1. The van der Waals surface area contributed by atoms with Crippen LogP contribution in [-0.4, -0.2) is 85.0 Å². The van der Waals surface area contributed by atoms with Gasteiger partial charge in [0, 0.05) is 45.8 Å². The Morgan fingerprint density at radius 3 is 2.52 bits per heavy atom. The van der Waals surface area contributed by atoms with Crippen molar-refractivity contribution in [3.8, 4) is 0 Å². The average Bonchev–Trinajstić information content (AvgIpc) is 3.29.